The summed E-state index contributed by atoms with van der Waals surface area (Å²) < 4.78 is 26.5. The third kappa shape index (κ3) is 3.93. The summed E-state index contributed by atoms with van der Waals surface area (Å²) in [5.74, 6) is 0.854. The maximum absolute atomic E-state index is 11.9. The lowest BCUT2D eigenvalue weighted by Crippen LogP contribution is -2.36. The SMILES string of the molecule is O=S(=O)(NCCCC1CCCC1)C1CCNC1. The van der Waals surface area contributed by atoms with Gasteiger partial charge in [-0.1, -0.05) is 25.7 Å². The van der Waals surface area contributed by atoms with Crippen LogP contribution in [0.25, 0.3) is 0 Å². The zero-order valence-corrected chi connectivity index (χ0v) is 11.3. The highest BCUT2D eigenvalue weighted by molar-refractivity contribution is 7.90. The number of sulfonamides is 1. The van der Waals surface area contributed by atoms with Gasteiger partial charge in [0.1, 0.15) is 0 Å². The predicted molar refractivity (Wildman–Crippen MR) is 69.4 cm³/mol. The van der Waals surface area contributed by atoms with Gasteiger partial charge in [0.05, 0.1) is 5.25 Å². The van der Waals surface area contributed by atoms with Crippen LogP contribution in [-0.2, 0) is 10.0 Å². The molecule has 2 aliphatic rings. The fraction of sp³-hybridized carbons (Fsp3) is 1.00. The summed E-state index contributed by atoms with van der Waals surface area (Å²) in [5, 5.41) is 2.88. The van der Waals surface area contributed by atoms with E-state index in [0.717, 1.165) is 25.3 Å². The molecular weight excluding hydrogens is 236 g/mol. The molecule has 0 aromatic rings. The molecule has 0 amide bonds. The second-order valence-corrected chi connectivity index (χ2v) is 7.39. The highest BCUT2D eigenvalue weighted by Crippen LogP contribution is 2.28. The molecule has 1 saturated heterocycles. The van der Waals surface area contributed by atoms with Crippen molar-refractivity contribution < 1.29 is 8.42 Å². The molecule has 0 radical (unpaired) electrons. The maximum atomic E-state index is 11.9. The number of nitrogens with one attached hydrogen (secondary N) is 2. The van der Waals surface area contributed by atoms with Gasteiger partial charge < -0.3 is 5.32 Å². The summed E-state index contributed by atoms with van der Waals surface area (Å²) in [6.07, 6.45) is 8.35. The summed E-state index contributed by atoms with van der Waals surface area (Å²) in [6, 6.07) is 0. The summed E-state index contributed by atoms with van der Waals surface area (Å²) in [7, 11) is -3.07. The molecule has 1 heterocycles. The van der Waals surface area contributed by atoms with E-state index in [1.165, 1.54) is 32.1 Å². The van der Waals surface area contributed by atoms with Crippen molar-refractivity contribution in [2.24, 2.45) is 5.92 Å². The largest absolute Gasteiger partial charge is 0.315 e. The van der Waals surface area contributed by atoms with E-state index < -0.39 is 10.0 Å². The molecular formula is C12H24N2O2S. The summed E-state index contributed by atoms with van der Waals surface area (Å²) >= 11 is 0. The van der Waals surface area contributed by atoms with Gasteiger partial charge in [-0.25, -0.2) is 13.1 Å². The molecule has 2 rings (SSSR count). The predicted octanol–water partition coefficient (Wildman–Crippen LogP) is 1.24. The van der Waals surface area contributed by atoms with E-state index in [2.05, 4.69) is 10.0 Å². The molecule has 2 N–H and O–H groups in total. The first-order valence-electron chi connectivity index (χ1n) is 6.88. The molecule has 2 fully saturated rings. The number of rotatable bonds is 6. The molecule has 1 aliphatic carbocycles. The topological polar surface area (TPSA) is 58.2 Å². The van der Waals surface area contributed by atoms with E-state index in [9.17, 15) is 8.42 Å². The molecule has 1 saturated carbocycles. The second kappa shape index (κ2) is 6.16. The number of hydrogen-bond donors (Lipinski definition) is 2. The van der Waals surface area contributed by atoms with Gasteiger partial charge in [-0.05, 0) is 31.7 Å². The lowest BCUT2D eigenvalue weighted by molar-refractivity contribution is 0.479. The Morgan fingerprint density at radius 2 is 1.94 bits per heavy atom. The van der Waals surface area contributed by atoms with E-state index in [0.29, 0.717) is 13.1 Å². The van der Waals surface area contributed by atoms with Gasteiger partial charge in [0, 0.05) is 13.1 Å². The smallest absolute Gasteiger partial charge is 0.215 e. The zero-order chi connectivity index (χ0) is 12.1. The Balaban J connectivity index is 1.63. The average Bonchev–Trinajstić information content (AvgIpc) is 2.97. The van der Waals surface area contributed by atoms with Gasteiger partial charge in [0.2, 0.25) is 10.0 Å². The standard InChI is InChI=1S/C12H24N2O2S/c15-17(16,12-7-9-13-10-12)14-8-3-6-11-4-1-2-5-11/h11-14H,1-10H2. The van der Waals surface area contributed by atoms with E-state index >= 15 is 0 Å². The second-order valence-electron chi connectivity index (χ2n) is 5.35. The maximum Gasteiger partial charge on any atom is 0.215 e. The van der Waals surface area contributed by atoms with Crippen LogP contribution >= 0.6 is 0 Å². The van der Waals surface area contributed by atoms with Crippen LogP contribution < -0.4 is 10.0 Å². The van der Waals surface area contributed by atoms with Crippen molar-refractivity contribution in [2.75, 3.05) is 19.6 Å². The molecule has 0 bridgehead atoms. The van der Waals surface area contributed by atoms with Gasteiger partial charge in [-0.2, -0.15) is 0 Å². The molecule has 17 heavy (non-hydrogen) atoms. The quantitative estimate of drug-likeness (QED) is 0.706. The molecule has 0 spiro atoms. The van der Waals surface area contributed by atoms with Gasteiger partial charge in [0.25, 0.3) is 0 Å². The van der Waals surface area contributed by atoms with Crippen molar-refractivity contribution in [3.05, 3.63) is 0 Å². The van der Waals surface area contributed by atoms with Crippen molar-refractivity contribution in [1.82, 2.24) is 10.0 Å². The summed E-state index contributed by atoms with van der Waals surface area (Å²) in [5.41, 5.74) is 0. The Morgan fingerprint density at radius 3 is 2.59 bits per heavy atom. The molecule has 1 atom stereocenters. The zero-order valence-electron chi connectivity index (χ0n) is 10.5. The van der Waals surface area contributed by atoms with Gasteiger partial charge in [-0.3, -0.25) is 0 Å². The van der Waals surface area contributed by atoms with E-state index in [1.807, 2.05) is 0 Å². The van der Waals surface area contributed by atoms with Crippen LogP contribution in [0.3, 0.4) is 0 Å². The van der Waals surface area contributed by atoms with E-state index in [-0.39, 0.29) is 5.25 Å². The Hall–Kier alpha value is -0.130. The van der Waals surface area contributed by atoms with Crippen LogP contribution in [0.5, 0.6) is 0 Å². The number of hydrogen-bond acceptors (Lipinski definition) is 3. The molecule has 0 aromatic heterocycles. The van der Waals surface area contributed by atoms with Gasteiger partial charge in [0.15, 0.2) is 0 Å². The molecule has 4 nitrogen and oxygen atoms in total. The highest BCUT2D eigenvalue weighted by Gasteiger charge is 2.27. The third-order valence-electron chi connectivity index (χ3n) is 4.02. The Labute approximate surface area is 105 Å². The van der Waals surface area contributed by atoms with E-state index in [4.69, 9.17) is 0 Å². The Bertz CT molecular complexity index is 317. The first kappa shape index (κ1) is 13.3. The first-order chi connectivity index (χ1) is 8.18. The molecule has 100 valence electrons. The molecule has 1 unspecified atom stereocenters. The monoisotopic (exact) mass is 260 g/mol. The van der Waals surface area contributed by atoms with Crippen molar-refractivity contribution in [2.45, 2.75) is 50.2 Å². The summed E-state index contributed by atoms with van der Waals surface area (Å²) in [4.78, 5) is 0. The van der Waals surface area contributed by atoms with Crippen LogP contribution in [0.2, 0.25) is 0 Å². The van der Waals surface area contributed by atoms with Crippen LogP contribution in [0.15, 0.2) is 0 Å². The van der Waals surface area contributed by atoms with Crippen LogP contribution in [0.1, 0.15) is 44.9 Å². The van der Waals surface area contributed by atoms with Crippen molar-refractivity contribution in [3.8, 4) is 0 Å². The fourth-order valence-electron chi connectivity index (χ4n) is 2.92. The Morgan fingerprint density at radius 1 is 1.18 bits per heavy atom. The van der Waals surface area contributed by atoms with Crippen LogP contribution in [-0.4, -0.2) is 33.3 Å². The third-order valence-corrected chi connectivity index (χ3v) is 5.91. The molecule has 0 aromatic carbocycles. The normalized spacial score (nSPS) is 26.7. The molecule has 5 heteroatoms. The first-order valence-corrected chi connectivity index (χ1v) is 8.42. The van der Waals surface area contributed by atoms with Gasteiger partial charge in [-0.15, -0.1) is 0 Å². The summed E-state index contributed by atoms with van der Waals surface area (Å²) in [6.45, 7) is 2.06. The van der Waals surface area contributed by atoms with E-state index in [1.54, 1.807) is 0 Å². The highest BCUT2D eigenvalue weighted by atomic mass is 32.2. The van der Waals surface area contributed by atoms with Crippen molar-refractivity contribution in [3.63, 3.8) is 0 Å². The van der Waals surface area contributed by atoms with Crippen molar-refractivity contribution in [1.29, 1.82) is 0 Å². The minimum atomic E-state index is -3.07. The van der Waals surface area contributed by atoms with Crippen LogP contribution in [0, 0.1) is 5.92 Å². The minimum Gasteiger partial charge on any atom is -0.315 e. The van der Waals surface area contributed by atoms with Gasteiger partial charge >= 0.3 is 0 Å². The lowest BCUT2D eigenvalue weighted by atomic mass is 10.0. The van der Waals surface area contributed by atoms with Crippen molar-refractivity contribution >= 4 is 10.0 Å². The fourth-order valence-corrected chi connectivity index (χ4v) is 4.35. The Kier molecular flexibility index (Phi) is 4.82. The average molecular weight is 260 g/mol. The lowest BCUT2D eigenvalue weighted by Gasteiger charge is -2.13. The molecule has 1 aliphatic heterocycles. The van der Waals surface area contributed by atoms with Crippen LogP contribution in [0.4, 0.5) is 0 Å². The minimum absolute atomic E-state index is 0.214.